The first-order valence-electron chi connectivity index (χ1n) is 12.2. The van der Waals surface area contributed by atoms with Gasteiger partial charge in [-0.25, -0.2) is 4.39 Å². The minimum absolute atomic E-state index is 0.0806. The summed E-state index contributed by atoms with van der Waals surface area (Å²) >= 11 is 0. The fraction of sp³-hybridized carbons (Fsp3) is 0.300. The molecular weight excluding hydrogens is 435 g/mol. The third kappa shape index (κ3) is 5.49. The average Bonchev–Trinajstić information content (AvgIpc) is 2.87. The lowest BCUT2D eigenvalue weighted by molar-refractivity contribution is 0.398. The fourth-order valence-electron chi connectivity index (χ4n) is 4.80. The zero-order valence-corrected chi connectivity index (χ0v) is 20.6. The number of piperidine rings is 1. The number of hydrogen-bond donors (Lipinski definition) is 1. The van der Waals surface area contributed by atoms with E-state index in [0.29, 0.717) is 11.5 Å². The van der Waals surface area contributed by atoms with Gasteiger partial charge >= 0.3 is 0 Å². The number of benzene rings is 2. The van der Waals surface area contributed by atoms with Gasteiger partial charge in [0.15, 0.2) is 0 Å². The predicted molar refractivity (Wildman–Crippen MR) is 142 cm³/mol. The van der Waals surface area contributed by atoms with Crippen LogP contribution in [0.1, 0.15) is 36.5 Å². The molecule has 1 saturated heterocycles. The lowest BCUT2D eigenvalue weighted by atomic mass is 9.89. The van der Waals surface area contributed by atoms with Crippen LogP contribution < -0.4 is 10.2 Å². The van der Waals surface area contributed by atoms with Crippen LogP contribution in [0.3, 0.4) is 0 Å². The first-order chi connectivity index (χ1) is 16.9. The highest BCUT2D eigenvalue weighted by Crippen LogP contribution is 2.34. The highest BCUT2D eigenvalue weighted by molar-refractivity contribution is 5.75. The highest BCUT2D eigenvalue weighted by atomic mass is 19.1. The second kappa shape index (κ2) is 10.7. The molecule has 0 unspecified atom stereocenters. The molecule has 35 heavy (non-hydrogen) atoms. The van der Waals surface area contributed by atoms with Gasteiger partial charge in [-0.15, -0.1) is 0 Å². The van der Waals surface area contributed by atoms with E-state index in [1.54, 1.807) is 6.07 Å². The van der Waals surface area contributed by atoms with E-state index < -0.39 is 0 Å². The Hall–Kier alpha value is -3.78. The van der Waals surface area contributed by atoms with Crippen molar-refractivity contribution in [2.75, 3.05) is 30.4 Å². The first kappa shape index (κ1) is 24.3. The van der Waals surface area contributed by atoms with Crippen molar-refractivity contribution in [3.8, 4) is 6.07 Å². The Morgan fingerprint density at radius 1 is 1.20 bits per heavy atom. The smallest absolute Gasteiger partial charge is 0.126 e. The molecule has 0 spiro atoms. The summed E-state index contributed by atoms with van der Waals surface area (Å²) in [5.41, 5.74) is 6.90. The summed E-state index contributed by atoms with van der Waals surface area (Å²) in [5, 5.41) is 12.9. The van der Waals surface area contributed by atoms with Crippen LogP contribution in [-0.4, -0.2) is 25.0 Å². The molecule has 5 heteroatoms. The third-order valence-electron chi connectivity index (χ3n) is 7.04. The summed E-state index contributed by atoms with van der Waals surface area (Å²) in [7, 11) is 1.95. The van der Waals surface area contributed by atoms with Crippen molar-refractivity contribution >= 4 is 11.4 Å². The molecule has 0 amide bonds. The fourth-order valence-corrected chi connectivity index (χ4v) is 4.80. The van der Waals surface area contributed by atoms with Gasteiger partial charge in [-0.05, 0) is 79.1 Å². The number of hydrogen-bond acceptors (Lipinski definition) is 4. The molecule has 2 aliphatic rings. The van der Waals surface area contributed by atoms with Crippen LogP contribution >= 0.6 is 0 Å². The Bertz CT molecular complexity index is 1230. The van der Waals surface area contributed by atoms with E-state index in [4.69, 9.17) is 0 Å². The normalized spacial score (nSPS) is 16.2. The molecule has 0 aliphatic carbocycles. The number of nitrogens with zero attached hydrogens (tertiary/aromatic N) is 3. The van der Waals surface area contributed by atoms with E-state index in [1.165, 1.54) is 0 Å². The average molecular weight is 469 g/mol. The SMILES string of the molecule is C=C(Nc1cc(C#N)ccc1N1CCC(Cc2ccc(CC)cc2F)CC1)C1=CC=CN(C)C1=C. The molecule has 0 saturated carbocycles. The van der Waals surface area contributed by atoms with Crippen LogP contribution in [0.5, 0.6) is 0 Å². The van der Waals surface area contributed by atoms with Crippen molar-refractivity contribution in [3.63, 3.8) is 0 Å². The Morgan fingerprint density at radius 2 is 1.97 bits per heavy atom. The van der Waals surface area contributed by atoms with E-state index in [0.717, 1.165) is 78.2 Å². The molecule has 1 N–H and O–H groups in total. The Balaban J connectivity index is 1.46. The predicted octanol–water partition coefficient (Wildman–Crippen LogP) is 6.54. The largest absolute Gasteiger partial charge is 0.370 e. The molecule has 2 aliphatic heterocycles. The van der Waals surface area contributed by atoms with Crippen molar-refractivity contribution in [1.82, 2.24) is 4.90 Å². The van der Waals surface area contributed by atoms with Gasteiger partial charge in [-0.2, -0.15) is 5.26 Å². The van der Waals surface area contributed by atoms with Gasteiger partial charge in [0, 0.05) is 43.3 Å². The minimum atomic E-state index is -0.0806. The van der Waals surface area contributed by atoms with E-state index in [-0.39, 0.29) is 5.82 Å². The zero-order chi connectivity index (χ0) is 24.9. The molecule has 0 atom stereocenters. The number of anilines is 2. The van der Waals surface area contributed by atoms with E-state index in [1.807, 2.05) is 67.6 Å². The number of nitrogens with one attached hydrogen (secondary N) is 1. The molecule has 1 fully saturated rings. The van der Waals surface area contributed by atoms with E-state index in [9.17, 15) is 9.65 Å². The lowest BCUT2D eigenvalue weighted by Gasteiger charge is -2.35. The molecule has 2 aromatic rings. The summed E-state index contributed by atoms with van der Waals surface area (Å²) in [6, 6.07) is 13.7. The molecule has 0 bridgehead atoms. The van der Waals surface area contributed by atoms with Crippen LogP contribution in [0.2, 0.25) is 0 Å². The van der Waals surface area contributed by atoms with Gasteiger partial charge in [-0.1, -0.05) is 32.2 Å². The minimum Gasteiger partial charge on any atom is -0.370 e. The van der Waals surface area contributed by atoms with Crippen molar-refractivity contribution in [1.29, 1.82) is 5.26 Å². The Labute approximate surface area is 208 Å². The Morgan fingerprint density at radius 3 is 2.66 bits per heavy atom. The standard InChI is InChI=1S/C30H33FN4/c1-5-23-8-10-26(28(31)18-23)17-24-12-15-35(16-13-24)30-11-9-25(20-32)19-29(30)33-21(2)27-7-6-14-34(4)22(27)3/h6-11,14,18-19,24,33H,2-3,5,12-13,15-17H2,1,4H3. The number of likely N-dealkylation sites (N-methyl/N-ethyl adjacent to an activating group) is 1. The third-order valence-corrected chi connectivity index (χ3v) is 7.04. The van der Waals surface area contributed by atoms with Crippen LogP contribution in [-0.2, 0) is 12.8 Å². The first-order valence-corrected chi connectivity index (χ1v) is 12.2. The van der Waals surface area contributed by atoms with Gasteiger partial charge in [0.2, 0.25) is 0 Å². The lowest BCUT2D eigenvalue weighted by Crippen LogP contribution is -2.35. The van der Waals surface area contributed by atoms with Gasteiger partial charge in [0.05, 0.1) is 23.0 Å². The Kier molecular flexibility index (Phi) is 7.41. The molecule has 180 valence electrons. The maximum Gasteiger partial charge on any atom is 0.126 e. The zero-order valence-electron chi connectivity index (χ0n) is 20.6. The number of nitriles is 1. The summed E-state index contributed by atoms with van der Waals surface area (Å²) in [6.07, 6.45) is 9.52. The molecule has 0 radical (unpaired) electrons. The highest BCUT2D eigenvalue weighted by Gasteiger charge is 2.23. The monoisotopic (exact) mass is 468 g/mol. The van der Waals surface area contributed by atoms with E-state index in [2.05, 4.69) is 29.4 Å². The molecule has 2 heterocycles. The number of aryl methyl sites for hydroxylation is 1. The summed E-state index contributed by atoms with van der Waals surface area (Å²) in [6.45, 7) is 12.2. The van der Waals surface area contributed by atoms with Gasteiger partial charge in [0.25, 0.3) is 0 Å². The van der Waals surface area contributed by atoms with Crippen molar-refractivity contribution in [3.05, 3.63) is 107 Å². The van der Waals surface area contributed by atoms with Crippen LogP contribution in [0, 0.1) is 23.1 Å². The van der Waals surface area contributed by atoms with Gasteiger partial charge < -0.3 is 15.1 Å². The summed E-state index contributed by atoms with van der Waals surface area (Å²) < 4.78 is 14.5. The molecule has 4 nitrogen and oxygen atoms in total. The quantitative estimate of drug-likeness (QED) is 0.501. The maximum absolute atomic E-state index is 14.5. The van der Waals surface area contributed by atoms with Crippen molar-refractivity contribution in [2.45, 2.75) is 32.6 Å². The molecule has 2 aromatic carbocycles. The topological polar surface area (TPSA) is 42.3 Å². The summed E-state index contributed by atoms with van der Waals surface area (Å²) in [4.78, 5) is 4.30. The van der Waals surface area contributed by atoms with Crippen LogP contribution in [0.15, 0.2) is 84.9 Å². The number of allylic oxidation sites excluding steroid dienone is 2. The molecule has 4 rings (SSSR count). The summed E-state index contributed by atoms with van der Waals surface area (Å²) in [5.74, 6) is 0.374. The van der Waals surface area contributed by atoms with E-state index >= 15 is 0 Å². The van der Waals surface area contributed by atoms with Crippen LogP contribution in [0.25, 0.3) is 0 Å². The molecular formula is C30H33FN4. The van der Waals surface area contributed by atoms with Gasteiger partial charge in [0.1, 0.15) is 5.82 Å². The van der Waals surface area contributed by atoms with Crippen LogP contribution in [0.4, 0.5) is 15.8 Å². The maximum atomic E-state index is 14.5. The van der Waals surface area contributed by atoms with Gasteiger partial charge in [-0.3, -0.25) is 0 Å². The number of halogens is 1. The second-order valence-corrected chi connectivity index (χ2v) is 9.34. The second-order valence-electron chi connectivity index (χ2n) is 9.34. The molecule has 0 aromatic heterocycles. The van der Waals surface area contributed by atoms with Crippen molar-refractivity contribution < 1.29 is 4.39 Å². The number of rotatable bonds is 7. The van der Waals surface area contributed by atoms with Crippen molar-refractivity contribution in [2.24, 2.45) is 5.92 Å².